The molecule has 0 saturated carbocycles. The molecule has 0 atom stereocenters. The first-order chi connectivity index (χ1) is 18.1. The van der Waals surface area contributed by atoms with Gasteiger partial charge in [0.05, 0.1) is 11.2 Å². The topological polar surface area (TPSA) is 77.0 Å². The maximum absolute atomic E-state index is 12.9. The third-order valence-electron chi connectivity index (χ3n) is 7.86. The van der Waals surface area contributed by atoms with Crippen molar-refractivity contribution in [3.63, 3.8) is 0 Å². The zero-order chi connectivity index (χ0) is 27.1. The van der Waals surface area contributed by atoms with E-state index in [-0.39, 0.29) is 24.8 Å². The molecule has 2 N–H and O–H groups in total. The third-order valence-corrected chi connectivity index (χ3v) is 7.86. The van der Waals surface area contributed by atoms with Crippen molar-refractivity contribution in [3.05, 3.63) is 94.5 Å². The zero-order valence-electron chi connectivity index (χ0n) is 22.6. The van der Waals surface area contributed by atoms with Gasteiger partial charge in [-0.3, -0.25) is 0 Å². The molecule has 38 heavy (non-hydrogen) atoms. The maximum atomic E-state index is 12.9. The Kier molecular flexibility index (Phi) is 6.84. The number of phenols is 1. The van der Waals surface area contributed by atoms with Crippen LogP contribution in [0.3, 0.4) is 0 Å². The molecular weight excluding hydrogens is 477 g/mol. The Morgan fingerprint density at radius 3 is 2.13 bits per heavy atom. The minimum atomic E-state index is -0.686. The van der Waals surface area contributed by atoms with E-state index < -0.39 is 24.4 Å². The van der Waals surface area contributed by atoms with Gasteiger partial charge in [0.1, 0.15) is 12.4 Å². The molecule has 0 aromatic heterocycles. The number of alkyl carbamates (subject to hydrolysis) is 1. The normalized spacial score (nSPS) is 17.7. The number of amides is 1. The summed E-state index contributed by atoms with van der Waals surface area (Å²) < 4.78 is 18.2. The van der Waals surface area contributed by atoms with Crippen LogP contribution in [-0.2, 0) is 14.0 Å². The monoisotopic (exact) mass is 511 g/mol. The van der Waals surface area contributed by atoms with Gasteiger partial charge in [0.25, 0.3) is 0 Å². The number of hydrogen-bond donors (Lipinski definition) is 2. The van der Waals surface area contributed by atoms with E-state index in [0.717, 1.165) is 16.7 Å². The lowest BCUT2D eigenvalue weighted by atomic mass is 9.77. The molecule has 1 fully saturated rings. The minimum Gasteiger partial charge on any atom is -0.507 e. The molecule has 7 heteroatoms. The number of carbonyl (C=O) groups excluding carboxylic acids is 1. The van der Waals surface area contributed by atoms with Gasteiger partial charge >= 0.3 is 13.2 Å². The molecule has 196 valence electrons. The molecule has 1 aliphatic heterocycles. The van der Waals surface area contributed by atoms with Crippen LogP contribution in [0.4, 0.5) is 4.79 Å². The van der Waals surface area contributed by atoms with Crippen LogP contribution in [0.2, 0.25) is 0 Å². The van der Waals surface area contributed by atoms with Gasteiger partial charge in [0.15, 0.2) is 0 Å². The van der Waals surface area contributed by atoms with Crippen LogP contribution >= 0.6 is 0 Å². The highest BCUT2D eigenvalue weighted by Gasteiger charge is 2.52. The molecule has 2 aliphatic rings. The first-order valence-electron chi connectivity index (χ1n) is 13.0. The molecule has 3 aromatic carbocycles. The largest absolute Gasteiger partial charge is 0.507 e. The molecule has 3 aromatic rings. The van der Waals surface area contributed by atoms with Crippen molar-refractivity contribution in [2.24, 2.45) is 0 Å². The number of ether oxygens (including phenoxy) is 1. The second-order valence-corrected chi connectivity index (χ2v) is 11.0. The van der Waals surface area contributed by atoms with Crippen molar-refractivity contribution in [2.45, 2.75) is 51.7 Å². The second-order valence-electron chi connectivity index (χ2n) is 11.0. The van der Waals surface area contributed by atoms with Gasteiger partial charge in [-0.2, -0.15) is 0 Å². The summed E-state index contributed by atoms with van der Waals surface area (Å²) in [5, 5.41) is 13.4. The quantitative estimate of drug-likeness (QED) is 0.383. The predicted octanol–water partition coefficient (Wildman–Crippen LogP) is 6.25. The average molecular weight is 511 g/mol. The number of hydrogen-bond acceptors (Lipinski definition) is 5. The van der Waals surface area contributed by atoms with E-state index in [1.54, 1.807) is 12.1 Å². The van der Waals surface area contributed by atoms with E-state index in [1.165, 1.54) is 11.1 Å². The highest BCUT2D eigenvalue weighted by atomic mass is 16.7. The molecule has 1 amide bonds. The molecule has 1 heterocycles. The molecule has 6 nitrogen and oxygen atoms in total. The van der Waals surface area contributed by atoms with Gasteiger partial charge < -0.3 is 24.5 Å². The van der Waals surface area contributed by atoms with Crippen LogP contribution in [0.25, 0.3) is 17.2 Å². The number of nitrogens with one attached hydrogen (secondary N) is 1. The van der Waals surface area contributed by atoms with E-state index in [0.29, 0.717) is 11.0 Å². The molecule has 1 saturated heterocycles. The van der Waals surface area contributed by atoms with Gasteiger partial charge in [0.2, 0.25) is 0 Å². The molecule has 0 radical (unpaired) electrons. The SMILES string of the molecule is Cc1ccc(C=C(CNC(=O)OCC2c3ccccc3-c3ccccc32)B2OC(C)(C)C(C)(C)O2)c(O)c1. The van der Waals surface area contributed by atoms with Crippen LogP contribution in [0.1, 0.15) is 55.9 Å². The number of phenolic OH excluding ortho intramolecular Hbond substituents is 1. The van der Waals surface area contributed by atoms with E-state index in [1.807, 2.05) is 71.0 Å². The Morgan fingerprint density at radius 2 is 1.55 bits per heavy atom. The Balaban J connectivity index is 1.31. The number of aromatic hydroxyl groups is 1. The zero-order valence-corrected chi connectivity index (χ0v) is 22.6. The van der Waals surface area contributed by atoms with Crippen molar-refractivity contribution in [3.8, 4) is 16.9 Å². The first-order valence-corrected chi connectivity index (χ1v) is 13.0. The lowest BCUT2D eigenvalue weighted by Gasteiger charge is -2.32. The smallest absolute Gasteiger partial charge is 0.492 e. The molecule has 5 rings (SSSR count). The summed E-state index contributed by atoms with van der Waals surface area (Å²) in [6, 6.07) is 21.9. The fourth-order valence-electron chi connectivity index (χ4n) is 5.00. The predicted molar refractivity (Wildman–Crippen MR) is 150 cm³/mol. The molecular formula is C31H34BNO5. The number of fused-ring (bicyclic) bond motifs is 3. The standard InChI is InChI=1S/C31H34BNO5/c1-20-14-15-21(28(34)16-20)17-22(32-37-30(2,3)31(4,5)38-32)18-33-29(35)36-19-27-25-12-8-6-10-23(25)24-11-7-9-13-26(24)27/h6-17,27,34H,18-19H2,1-5H3,(H,33,35). The van der Waals surface area contributed by atoms with E-state index in [2.05, 4.69) is 29.6 Å². The summed E-state index contributed by atoms with van der Waals surface area (Å²) >= 11 is 0. The summed E-state index contributed by atoms with van der Waals surface area (Å²) in [5.41, 5.74) is 5.84. The maximum Gasteiger partial charge on any atom is 0.492 e. The fraction of sp³-hybridized carbons (Fsp3) is 0.323. The van der Waals surface area contributed by atoms with Gasteiger partial charge in [-0.05, 0) is 74.0 Å². The summed E-state index contributed by atoms with van der Waals surface area (Å²) in [4.78, 5) is 12.9. The molecule has 0 spiro atoms. The lowest BCUT2D eigenvalue weighted by molar-refractivity contribution is 0.00578. The average Bonchev–Trinajstić information content (AvgIpc) is 3.30. The number of aryl methyl sites for hydroxylation is 1. The van der Waals surface area contributed by atoms with E-state index >= 15 is 0 Å². The van der Waals surface area contributed by atoms with Crippen LogP contribution in [0.15, 0.2) is 72.2 Å². The van der Waals surface area contributed by atoms with Crippen LogP contribution in [0.5, 0.6) is 5.75 Å². The Bertz CT molecular complexity index is 1340. The summed E-state index contributed by atoms with van der Waals surface area (Å²) in [6.07, 6.45) is 1.28. The summed E-state index contributed by atoms with van der Waals surface area (Å²) in [5.74, 6) is 0.135. The number of carbonyl (C=O) groups is 1. The van der Waals surface area contributed by atoms with Crippen LogP contribution in [0, 0.1) is 6.92 Å². The van der Waals surface area contributed by atoms with E-state index in [4.69, 9.17) is 14.0 Å². The highest BCUT2D eigenvalue weighted by Crippen LogP contribution is 2.44. The van der Waals surface area contributed by atoms with Crippen molar-refractivity contribution in [1.29, 1.82) is 0 Å². The number of benzene rings is 3. The highest BCUT2D eigenvalue weighted by molar-refractivity contribution is 6.56. The van der Waals surface area contributed by atoms with Gasteiger partial charge in [-0.25, -0.2) is 4.79 Å². The molecule has 0 bridgehead atoms. The van der Waals surface area contributed by atoms with Gasteiger partial charge in [0, 0.05) is 18.0 Å². The molecule has 0 unspecified atom stereocenters. The Hall–Kier alpha value is -3.55. The van der Waals surface area contributed by atoms with E-state index in [9.17, 15) is 9.90 Å². The Labute approximate surface area is 224 Å². The summed E-state index contributed by atoms with van der Waals surface area (Å²) in [6.45, 7) is 10.2. The van der Waals surface area contributed by atoms with Crippen molar-refractivity contribution < 1.29 is 23.9 Å². The van der Waals surface area contributed by atoms with Gasteiger partial charge in [-0.1, -0.05) is 66.7 Å². The second kappa shape index (κ2) is 9.97. The van der Waals surface area contributed by atoms with Crippen LogP contribution in [-0.4, -0.2) is 42.7 Å². The first kappa shape index (κ1) is 26.1. The van der Waals surface area contributed by atoms with Crippen LogP contribution < -0.4 is 5.32 Å². The Morgan fingerprint density at radius 1 is 0.974 bits per heavy atom. The van der Waals surface area contributed by atoms with Crippen molar-refractivity contribution >= 4 is 19.3 Å². The minimum absolute atomic E-state index is 0.0178. The molecule has 1 aliphatic carbocycles. The third kappa shape index (κ3) is 4.96. The number of rotatable bonds is 6. The fourth-order valence-corrected chi connectivity index (χ4v) is 5.00. The lowest BCUT2D eigenvalue weighted by Crippen LogP contribution is -2.41. The summed E-state index contributed by atoms with van der Waals surface area (Å²) in [7, 11) is -0.686. The van der Waals surface area contributed by atoms with Crippen molar-refractivity contribution in [2.75, 3.05) is 13.2 Å². The van der Waals surface area contributed by atoms with Crippen molar-refractivity contribution in [1.82, 2.24) is 5.32 Å². The van der Waals surface area contributed by atoms with Gasteiger partial charge in [-0.15, -0.1) is 0 Å².